The van der Waals surface area contributed by atoms with Crippen LogP contribution in [0.3, 0.4) is 0 Å². The molecule has 0 heterocycles. The van der Waals surface area contributed by atoms with Crippen molar-refractivity contribution in [2.75, 3.05) is 5.88 Å². The van der Waals surface area contributed by atoms with Crippen molar-refractivity contribution in [2.45, 2.75) is 6.54 Å². The minimum absolute atomic E-state index is 0.0655. The standard InChI is InChI=1S/C10H8Cl2N2O/c11-4-10(15)14-6-7-1-2-8(5-13)9(12)3-7/h1-3H,4,6H2,(H,14,15). The monoisotopic (exact) mass is 242 g/mol. The van der Waals surface area contributed by atoms with Gasteiger partial charge in [-0.15, -0.1) is 11.6 Å². The van der Waals surface area contributed by atoms with Gasteiger partial charge in [0.2, 0.25) is 5.91 Å². The maximum Gasteiger partial charge on any atom is 0.235 e. The van der Waals surface area contributed by atoms with E-state index in [1.165, 1.54) is 0 Å². The molecule has 15 heavy (non-hydrogen) atoms. The van der Waals surface area contributed by atoms with Gasteiger partial charge < -0.3 is 5.32 Å². The lowest BCUT2D eigenvalue weighted by Crippen LogP contribution is -2.23. The number of amides is 1. The molecule has 0 aliphatic rings. The Morgan fingerprint density at radius 3 is 2.80 bits per heavy atom. The summed E-state index contributed by atoms with van der Waals surface area (Å²) in [5.41, 5.74) is 1.25. The quantitative estimate of drug-likeness (QED) is 0.826. The Bertz CT molecular complexity index is 412. The molecule has 3 nitrogen and oxygen atoms in total. The van der Waals surface area contributed by atoms with E-state index < -0.39 is 0 Å². The number of carbonyl (C=O) groups excluding carboxylic acids is 1. The molecular formula is C10H8Cl2N2O. The zero-order valence-electron chi connectivity index (χ0n) is 7.76. The molecule has 0 unspecified atom stereocenters. The molecule has 0 aliphatic heterocycles. The molecule has 0 saturated heterocycles. The summed E-state index contributed by atoms with van der Waals surface area (Å²) in [7, 11) is 0. The maximum atomic E-state index is 10.9. The Balaban J connectivity index is 2.68. The third-order valence-corrected chi connectivity index (χ3v) is 2.32. The predicted molar refractivity (Wildman–Crippen MR) is 58.7 cm³/mol. The van der Waals surface area contributed by atoms with Crippen LogP contribution in [0.5, 0.6) is 0 Å². The van der Waals surface area contributed by atoms with E-state index in [-0.39, 0.29) is 11.8 Å². The largest absolute Gasteiger partial charge is 0.351 e. The summed E-state index contributed by atoms with van der Waals surface area (Å²) in [5.74, 6) is -0.304. The fraction of sp³-hybridized carbons (Fsp3) is 0.200. The zero-order valence-corrected chi connectivity index (χ0v) is 9.27. The first-order valence-electron chi connectivity index (χ1n) is 4.18. The molecule has 1 aromatic rings. The second kappa shape index (κ2) is 5.59. The molecule has 78 valence electrons. The van der Waals surface area contributed by atoms with Crippen molar-refractivity contribution >= 4 is 29.1 Å². The van der Waals surface area contributed by atoms with Crippen LogP contribution < -0.4 is 5.32 Å². The van der Waals surface area contributed by atoms with Gasteiger partial charge in [-0.3, -0.25) is 4.79 Å². The first-order valence-corrected chi connectivity index (χ1v) is 5.10. The molecule has 0 saturated carbocycles. The highest BCUT2D eigenvalue weighted by Gasteiger charge is 2.02. The highest BCUT2D eigenvalue weighted by atomic mass is 35.5. The van der Waals surface area contributed by atoms with Crippen molar-refractivity contribution in [3.63, 3.8) is 0 Å². The van der Waals surface area contributed by atoms with E-state index in [2.05, 4.69) is 5.32 Å². The molecule has 0 spiro atoms. The molecule has 0 radical (unpaired) electrons. The van der Waals surface area contributed by atoms with Crippen molar-refractivity contribution in [1.29, 1.82) is 5.26 Å². The molecule has 1 N–H and O–H groups in total. The lowest BCUT2D eigenvalue weighted by molar-refractivity contribution is -0.118. The average Bonchev–Trinajstić information content (AvgIpc) is 2.26. The van der Waals surface area contributed by atoms with Crippen LogP contribution in [0.4, 0.5) is 0 Å². The van der Waals surface area contributed by atoms with Crippen LogP contribution in [0, 0.1) is 11.3 Å². The summed E-state index contributed by atoms with van der Waals surface area (Å²) in [5, 5.41) is 11.6. The van der Waals surface area contributed by atoms with Crippen molar-refractivity contribution in [3.05, 3.63) is 34.3 Å². The van der Waals surface area contributed by atoms with Crippen LogP contribution in [-0.4, -0.2) is 11.8 Å². The Kier molecular flexibility index (Phi) is 4.41. The summed E-state index contributed by atoms with van der Waals surface area (Å²) >= 11 is 11.1. The normalized spacial score (nSPS) is 9.40. The van der Waals surface area contributed by atoms with E-state index in [1.54, 1.807) is 18.2 Å². The molecule has 1 rings (SSSR count). The molecule has 1 aromatic carbocycles. The van der Waals surface area contributed by atoms with Crippen molar-refractivity contribution in [2.24, 2.45) is 0 Å². The molecular weight excluding hydrogens is 235 g/mol. The fourth-order valence-corrected chi connectivity index (χ4v) is 1.35. The van der Waals surface area contributed by atoms with Gasteiger partial charge in [-0.25, -0.2) is 0 Å². The van der Waals surface area contributed by atoms with Gasteiger partial charge in [0.25, 0.3) is 0 Å². The second-order valence-electron chi connectivity index (χ2n) is 2.84. The third kappa shape index (κ3) is 3.43. The van der Waals surface area contributed by atoms with Gasteiger partial charge in [-0.2, -0.15) is 5.26 Å². The Morgan fingerprint density at radius 1 is 1.53 bits per heavy atom. The summed E-state index contributed by atoms with van der Waals surface area (Å²) in [4.78, 5) is 10.9. The van der Waals surface area contributed by atoms with Gasteiger partial charge in [0.1, 0.15) is 11.9 Å². The van der Waals surface area contributed by atoms with E-state index in [1.807, 2.05) is 6.07 Å². The third-order valence-electron chi connectivity index (χ3n) is 1.76. The van der Waals surface area contributed by atoms with Gasteiger partial charge in [-0.05, 0) is 17.7 Å². The van der Waals surface area contributed by atoms with Crippen LogP contribution in [0.2, 0.25) is 5.02 Å². The summed E-state index contributed by atoms with van der Waals surface area (Å²) in [6.45, 7) is 0.358. The van der Waals surface area contributed by atoms with Crippen LogP contribution in [0.25, 0.3) is 0 Å². The maximum absolute atomic E-state index is 10.9. The minimum Gasteiger partial charge on any atom is -0.351 e. The number of halogens is 2. The number of benzene rings is 1. The Hall–Kier alpha value is -1.24. The van der Waals surface area contributed by atoms with Crippen LogP contribution in [0.15, 0.2) is 18.2 Å². The number of alkyl halides is 1. The Labute approximate surface area is 97.6 Å². The number of nitrogens with one attached hydrogen (secondary N) is 1. The van der Waals surface area contributed by atoms with E-state index in [0.29, 0.717) is 17.1 Å². The molecule has 5 heteroatoms. The number of nitriles is 1. The molecule has 1 amide bonds. The average molecular weight is 243 g/mol. The number of carbonyl (C=O) groups is 1. The van der Waals surface area contributed by atoms with E-state index in [9.17, 15) is 4.79 Å². The van der Waals surface area contributed by atoms with Gasteiger partial charge in [-0.1, -0.05) is 17.7 Å². The lowest BCUT2D eigenvalue weighted by Gasteiger charge is -2.04. The molecule has 0 aromatic heterocycles. The smallest absolute Gasteiger partial charge is 0.235 e. The van der Waals surface area contributed by atoms with Gasteiger partial charge in [0.15, 0.2) is 0 Å². The van der Waals surface area contributed by atoms with Gasteiger partial charge in [0, 0.05) is 6.54 Å². The molecule has 0 bridgehead atoms. The Morgan fingerprint density at radius 2 is 2.27 bits per heavy atom. The second-order valence-corrected chi connectivity index (χ2v) is 3.51. The van der Waals surface area contributed by atoms with Crippen LogP contribution in [0.1, 0.15) is 11.1 Å². The molecule has 0 atom stereocenters. The number of hydrogen-bond acceptors (Lipinski definition) is 2. The highest BCUT2D eigenvalue weighted by molar-refractivity contribution is 6.31. The topological polar surface area (TPSA) is 52.9 Å². The van der Waals surface area contributed by atoms with Crippen LogP contribution in [-0.2, 0) is 11.3 Å². The van der Waals surface area contributed by atoms with Crippen molar-refractivity contribution in [3.8, 4) is 6.07 Å². The number of hydrogen-bond donors (Lipinski definition) is 1. The molecule has 0 fully saturated rings. The summed E-state index contributed by atoms with van der Waals surface area (Å²) in [6, 6.07) is 6.96. The van der Waals surface area contributed by atoms with Crippen molar-refractivity contribution in [1.82, 2.24) is 5.32 Å². The predicted octanol–water partition coefficient (Wildman–Crippen LogP) is 2.07. The van der Waals surface area contributed by atoms with E-state index >= 15 is 0 Å². The van der Waals surface area contributed by atoms with E-state index in [4.69, 9.17) is 28.5 Å². The summed E-state index contributed by atoms with van der Waals surface area (Å²) < 4.78 is 0. The summed E-state index contributed by atoms with van der Waals surface area (Å²) in [6.07, 6.45) is 0. The van der Waals surface area contributed by atoms with Gasteiger partial charge in [0.05, 0.1) is 10.6 Å². The lowest BCUT2D eigenvalue weighted by atomic mass is 10.1. The van der Waals surface area contributed by atoms with E-state index in [0.717, 1.165) is 5.56 Å². The number of nitrogens with zero attached hydrogens (tertiary/aromatic N) is 1. The van der Waals surface area contributed by atoms with Crippen molar-refractivity contribution < 1.29 is 4.79 Å². The fourth-order valence-electron chi connectivity index (χ4n) is 1.01. The van der Waals surface area contributed by atoms with Gasteiger partial charge >= 0.3 is 0 Å². The SMILES string of the molecule is N#Cc1ccc(CNC(=O)CCl)cc1Cl. The van der Waals surface area contributed by atoms with Crippen LogP contribution >= 0.6 is 23.2 Å². The first kappa shape index (κ1) is 11.8. The minimum atomic E-state index is -0.239. The molecule has 0 aliphatic carbocycles. The highest BCUT2D eigenvalue weighted by Crippen LogP contribution is 2.16. The zero-order chi connectivity index (χ0) is 11.3. The number of rotatable bonds is 3. The first-order chi connectivity index (χ1) is 7.17.